The van der Waals surface area contributed by atoms with Gasteiger partial charge in [-0.1, -0.05) is 6.92 Å². The van der Waals surface area contributed by atoms with Gasteiger partial charge in [0, 0.05) is 36.2 Å². The van der Waals surface area contributed by atoms with Crippen LogP contribution in [-0.2, 0) is 14.3 Å². The van der Waals surface area contributed by atoms with Crippen molar-refractivity contribution < 1.29 is 33.4 Å². The quantitative estimate of drug-likeness (QED) is 0.441. The highest BCUT2D eigenvalue weighted by molar-refractivity contribution is 6.05. The number of hydrogen-bond donors (Lipinski definition) is 2. The molecule has 2 unspecified atom stereocenters. The molecule has 2 atom stereocenters. The standard InChI is InChI=1S/C24H26N2O7/c1-13-9-17(13)23(29)26-19-11-22(32-4)21(31-3)10-18(19)24(30)33-12-20(28)15-5-7-16(8-6-15)25-14(2)27/h5-8,10-11,13,17H,9,12H2,1-4H3,(H,25,27)(H,26,29). The van der Waals surface area contributed by atoms with Gasteiger partial charge in [-0.25, -0.2) is 4.79 Å². The zero-order valence-electron chi connectivity index (χ0n) is 18.9. The largest absolute Gasteiger partial charge is 0.493 e. The molecular weight excluding hydrogens is 428 g/mol. The first kappa shape index (κ1) is 23.8. The SMILES string of the molecule is COc1cc(NC(=O)C2CC2C)c(C(=O)OCC(=O)c2ccc(NC(C)=O)cc2)cc1OC. The number of ether oxygens (including phenoxy) is 3. The number of anilines is 2. The average molecular weight is 454 g/mol. The maximum atomic E-state index is 12.8. The zero-order chi connectivity index (χ0) is 24.1. The van der Waals surface area contributed by atoms with Gasteiger partial charge in [-0.2, -0.15) is 0 Å². The van der Waals surface area contributed by atoms with Crippen LogP contribution in [0, 0.1) is 11.8 Å². The van der Waals surface area contributed by atoms with E-state index in [1.807, 2.05) is 6.92 Å². The summed E-state index contributed by atoms with van der Waals surface area (Å²) in [6.07, 6.45) is 0.786. The number of carbonyl (C=O) groups excluding carboxylic acids is 4. The van der Waals surface area contributed by atoms with Crippen molar-refractivity contribution >= 4 is 34.9 Å². The van der Waals surface area contributed by atoms with Crippen LogP contribution in [0.2, 0.25) is 0 Å². The van der Waals surface area contributed by atoms with E-state index in [2.05, 4.69) is 10.6 Å². The first-order valence-corrected chi connectivity index (χ1v) is 10.4. The minimum atomic E-state index is -0.793. The second-order valence-electron chi connectivity index (χ2n) is 7.82. The number of methoxy groups -OCH3 is 2. The molecule has 0 saturated heterocycles. The van der Waals surface area contributed by atoms with Crippen LogP contribution in [0.4, 0.5) is 11.4 Å². The Morgan fingerprint density at radius 3 is 2.12 bits per heavy atom. The van der Waals surface area contributed by atoms with Gasteiger partial charge in [-0.3, -0.25) is 14.4 Å². The fourth-order valence-electron chi connectivity index (χ4n) is 3.30. The lowest BCUT2D eigenvalue weighted by atomic mass is 10.1. The maximum Gasteiger partial charge on any atom is 0.340 e. The first-order valence-electron chi connectivity index (χ1n) is 10.4. The summed E-state index contributed by atoms with van der Waals surface area (Å²) in [5.41, 5.74) is 1.13. The molecule has 0 radical (unpaired) electrons. The van der Waals surface area contributed by atoms with Gasteiger partial charge in [0.2, 0.25) is 11.8 Å². The van der Waals surface area contributed by atoms with E-state index < -0.39 is 18.4 Å². The topological polar surface area (TPSA) is 120 Å². The molecule has 9 nitrogen and oxygen atoms in total. The number of Topliss-reactive ketones (excluding diaryl/α,β-unsaturated/α-hetero) is 1. The van der Waals surface area contributed by atoms with E-state index in [-0.39, 0.29) is 40.7 Å². The number of ketones is 1. The van der Waals surface area contributed by atoms with Crippen molar-refractivity contribution in [3.8, 4) is 11.5 Å². The molecule has 0 aliphatic heterocycles. The van der Waals surface area contributed by atoms with Gasteiger partial charge in [-0.15, -0.1) is 0 Å². The third-order valence-corrected chi connectivity index (χ3v) is 5.31. The molecule has 33 heavy (non-hydrogen) atoms. The predicted molar refractivity (Wildman–Crippen MR) is 121 cm³/mol. The van der Waals surface area contributed by atoms with Crippen molar-refractivity contribution in [3.63, 3.8) is 0 Å². The van der Waals surface area contributed by atoms with Gasteiger partial charge in [0.15, 0.2) is 23.9 Å². The number of rotatable bonds is 9. The lowest BCUT2D eigenvalue weighted by Crippen LogP contribution is -2.19. The maximum absolute atomic E-state index is 12.8. The number of esters is 1. The van der Waals surface area contributed by atoms with Crippen LogP contribution >= 0.6 is 0 Å². The normalized spacial score (nSPS) is 16.4. The van der Waals surface area contributed by atoms with E-state index in [1.54, 1.807) is 12.1 Å². The van der Waals surface area contributed by atoms with Crippen LogP contribution in [0.5, 0.6) is 11.5 Å². The Morgan fingerprint density at radius 2 is 1.58 bits per heavy atom. The van der Waals surface area contributed by atoms with E-state index in [9.17, 15) is 19.2 Å². The van der Waals surface area contributed by atoms with Crippen molar-refractivity contribution in [2.75, 3.05) is 31.5 Å². The van der Waals surface area contributed by atoms with Crippen molar-refractivity contribution in [1.29, 1.82) is 0 Å². The molecule has 1 aliphatic carbocycles. The third-order valence-electron chi connectivity index (χ3n) is 5.31. The minimum Gasteiger partial charge on any atom is -0.493 e. The second kappa shape index (κ2) is 10.2. The van der Waals surface area contributed by atoms with Crippen LogP contribution in [0.3, 0.4) is 0 Å². The zero-order valence-corrected chi connectivity index (χ0v) is 18.9. The fourth-order valence-corrected chi connectivity index (χ4v) is 3.30. The van der Waals surface area contributed by atoms with E-state index in [0.717, 1.165) is 6.42 Å². The number of nitrogens with one attached hydrogen (secondary N) is 2. The van der Waals surface area contributed by atoms with Gasteiger partial charge in [0.05, 0.1) is 25.5 Å². The lowest BCUT2D eigenvalue weighted by Gasteiger charge is -2.15. The average Bonchev–Trinajstić information content (AvgIpc) is 3.53. The highest BCUT2D eigenvalue weighted by atomic mass is 16.5. The Balaban J connectivity index is 1.74. The van der Waals surface area contributed by atoms with E-state index >= 15 is 0 Å². The molecule has 0 aromatic heterocycles. The Labute approximate surface area is 191 Å². The van der Waals surface area contributed by atoms with Gasteiger partial charge in [0.25, 0.3) is 0 Å². The molecule has 174 valence electrons. The first-order chi connectivity index (χ1) is 15.7. The van der Waals surface area contributed by atoms with Crippen molar-refractivity contribution in [1.82, 2.24) is 0 Å². The van der Waals surface area contributed by atoms with Crippen molar-refractivity contribution in [3.05, 3.63) is 47.5 Å². The Hall–Kier alpha value is -3.88. The second-order valence-corrected chi connectivity index (χ2v) is 7.82. The third kappa shape index (κ3) is 5.88. The molecule has 1 saturated carbocycles. The van der Waals surface area contributed by atoms with Crippen LogP contribution in [0.15, 0.2) is 36.4 Å². The Kier molecular flexibility index (Phi) is 7.32. The summed E-state index contributed by atoms with van der Waals surface area (Å²) in [6.45, 7) is 2.86. The molecule has 0 bridgehead atoms. The summed E-state index contributed by atoms with van der Waals surface area (Å²) < 4.78 is 15.8. The van der Waals surface area contributed by atoms with Crippen LogP contribution in [0.25, 0.3) is 0 Å². The Bertz CT molecular complexity index is 1080. The number of amides is 2. The van der Waals surface area contributed by atoms with Crippen LogP contribution in [0.1, 0.15) is 41.0 Å². The smallest absolute Gasteiger partial charge is 0.340 e. The molecule has 0 heterocycles. The van der Waals surface area contributed by atoms with Crippen LogP contribution < -0.4 is 20.1 Å². The molecule has 2 aromatic carbocycles. The van der Waals surface area contributed by atoms with Gasteiger partial charge in [-0.05, 0) is 36.6 Å². The molecule has 2 amide bonds. The van der Waals surface area contributed by atoms with E-state index in [1.165, 1.54) is 45.4 Å². The summed E-state index contributed by atoms with van der Waals surface area (Å²) in [6, 6.07) is 9.11. The monoisotopic (exact) mass is 454 g/mol. The predicted octanol–water partition coefficient (Wildman–Crippen LogP) is 3.30. The van der Waals surface area contributed by atoms with Gasteiger partial charge in [0.1, 0.15) is 0 Å². The highest BCUT2D eigenvalue weighted by Crippen LogP contribution is 2.40. The van der Waals surface area contributed by atoms with Crippen molar-refractivity contribution in [2.45, 2.75) is 20.3 Å². The molecule has 1 fully saturated rings. The summed E-state index contributed by atoms with van der Waals surface area (Å²) in [5.74, 6) is -0.838. The number of benzene rings is 2. The molecular formula is C24H26N2O7. The number of hydrogen-bond acceptors (Lipinski definition) is 7. The molecule has 9 heteroatoms. The fraction of sp³-hybridized carbons (Fsp3) is 0.333. The van der Waals surface area contributed by atoms with E-state index in [4.69, 9.17) is 14.2 Å². The lowest BCUT2D eigenvalue weighted by molar-refractivity contribution is -0.117. The van der Waals surface area contributed by atoms with E-state index in [0.29, 0.717) is 17.0 Å². The molecule has 1 aliphatic rings. The highest BCUT2D eigenvalue weighted by Gasteiger charge is 2.39. The van der Waals surface area contributed by atoms with Gasteiger partial charge < -0.3 is 24.8 Å². The van der Waals surface area contributed by atoms with Gasteiger partial charge >= 0.3 is 5.97 Å². The molecule has 0 spiro atoms. The minimum absolute atomic E-state index is 0.0445. The Morgan fingerprint density at radius 1 is 0.970 bits per heavy atom. The van der Waals surface area contributed by atoms with Crippen LogP contribution in [-0.4, -0.2) is 44.4 Å². The molecule has 2 aromatic rings. The van der Waals surface area contributed by atoms with Crippen molar-refractivity contribution in [2.24, 2.45) is 11.8 Å². The molecule has 3 rings (SSSR count). The summed E-state index contributed by atoms with van der Waals surface area (Å²) in [4.78, 5) is 48.8. The number of carbonyl (C=O) groups is 4. The summed E-state index contributed by atoms with van der Waals surface area (Å²) in [7, 11) is 2.87. The molecule has 2 N–H and O–H groups in total. The summed E-state index contributed by atoms with van der Waals surface area (Å²) >= 11 is 0. The summed E-state index contributed by atoms with van der Waals surface area (Å²) in [5, 5.41) is 5.36.